The normalized spacial score (nSPS) is 10.5. The monoisotopic (exact) mass is 197 g/mol. The summed E-state index contributed by atoms with van der Waals surface area (Å²) in [7, 11) is 1.92. The minimum Gasteiger partial charge on any atom is -0.387 e. The summed E-state index contributed by atoms with van der Waals surface area (Å²) in [6.45, 7) is 0. The number of rotatable bonds is 1. The van der Waals surface area contributed by atoms with Crippen molar-refractivity contribution in [3.8, 4) is 0 Å². The van der Waals surface area contributed by atoms with Crippen LogP contribution in [0.25, 0.3) is 10.1 Å². The summed E-state index contributed by atoms with van der Waals surface area (Å²) in [6, 6.07) is 5.95. The van der Waals surface area contributed by atoms with Gasteiger partial charge in [0.15, 0.2) is 0 Å². The van der Waals surface area contributed by atoms with Gasteiger partial charge in [-0.05, 0) is 18.2 Å². The summed E-state index contributed by atoms with van der Waals surface area (Å²) in [5.74, 6) is 0. The summed E-state index contributed by atoms with van der Waals surface area (Å²) < 4.78 is 1.27. The molecule has 1 N–H and O–H groups in total. The lowest BCUT2D eigenvalue weighted by molar-refractivity contribution is 1.58. The molecule has 0 spiro atoms. The number of thiophene rings is 1. The number of nitrogens with one attached hydrogen (secondary N) is 1. The van der Waals surface area contributed by atoms with E-state index in [0.29, 0.717) is 0 Å². The van der Waals surface area contributed by atoms with Crippen LogP contribution in [-0.2, 0) is 0 Å². The molecule has 0 saturated heterocycles. The van der Waals surface area contributed by atoms with Crippen LogP contribution in [0.15, 0.2) is 23.6 Å². The molecule has 0 aliphatic heterocycles. The number of halogens is 1. The zero-order valence-corrected chi connectivity index (χ0v) is 8.17. The molecule has 1 heterocycles. The smallest absolute Gasteiger partial charge is 0.0526 e. The van der Waals surface area contributed by atoms with E-state index in [0.717, 1.165) is 10.7 Å². The molecule has 0 bridgehead atoms. The van der Waals surface area contributed by atoms with Crippen LogP contribution >= 0.6 is 22.9 Å². The predicted molar refractivity (Wildman–Crippen MR) is 56.4 cm³/mol. The zero-order valence-electron chi connectivity index (χ0n) is 6.60. The molecular weight excluding hydrogens is 190 g/mol. The second kappa shape index (κ2) is 2.96. The predicted octanol–water partition coefficient (Wildman–Crippen LogP) is 3.60. The molecule has 1 aromatic carbocycles. The van der Waals surface area contributed by atoms with Gasteiger partial charge in [0.25, 0.3) is 0 Å². The van der Waals surface area contributed by atoms with Gasteiger partial charge in [0, 0.05) is 27.5 Å². The largest absolute Gasteiger partial charge is 0.387 e. The molecule has 0 fully saturated rings. The Labute approximate surface area is 80.0 Å². The molecule has 0 aliphatic rings. The Kier molecular flexibility index (Phi) is 1.95. The molecule has 1 aromatic heterocycles. The first-order valence-corrected chi connectivity index (χ1v) is 4.91. The Morgan fingerprint density at radius 3 is 3.00 bits per heavy atom. The van der Waals surface area contributed by atoms with Gasteiger partial charge >= 0.3 is 0 Å². The van der Waals surface area contributed by atoms with E-state index in [1.165, 1.54) is 10.1 Å². The summed E-state index contributed by atoms with van der Waals surface area (Å²) >= 11 is 7.61. The van der Waals surface area contributed by atoms with Crippen LogP contribution in [0.1, 0.15) is 0 Å². The third kappa shape index (κ3) is 1.17. The van der Waals surface area contributed by atoms with Crippen molar-refractivity contribution in [2.24, 2.45) is 0 Å². The van der Waals surface area contributed by atoms with Gasteiger partial charge in [0.1, 0.15) is 0 Å². The lowest BCUT2D eigenvalue weighted by Gasteiger charge is -1.96. The third-order valence-corrected chi connectivity index (χ3v) is 3.00. The van der Waals surface area contributed by atoms with E-state index in [9.17, 15) is 0 Å². The first-order chi connectivity index (χ1) is 5.81. The van der Waals surface area contributed by atoms with E-state index in [2.05, 4.69) is 10.7 Å². The minimum absolute atomic E-state index is 0.789. The van der Waals surface area contributed by atoms with E-state index in [-0.39, 0.29) is 0 Å². The number of fused-ring (bicyclic) bond motifs is 1. The van der Waals surface area contributed by atoms with Crippen LogP contribution in [0.5, 0.6) is 0 Å². The van der Waals surface area contributed by atoms with Crippen molar-refractivity contribution in [1.82, 2.24) is 0 Å². The van der Waals surface area contributed by atoms with E-state index in [1.807, 2.05) is 25.2 Å². The first kappa shape index (κ1) is 7.90. The van der Waals surface area contributed by atoms with Crippen LogP contribution in [0.2, 0.25) is 5.02 Å². The molecule has 0 aliphatic carbocycles. The number of anilines is 1. The average Bonchev–Trinajstić information content (AvgIpc) is 2.46. The molecule has 2 aromatic rings. The second-order valence-corrected chi connectivity index (χ2v) is 3.89. The van der Waals surface area contributed by atoms with E-state index < -0.39 is 0 Å². The maximum Gasteiger partial charge on any atom is 0.0526 e. The highest BCUT2D eigenvalue weighted by atomic mass is 35.5. The molecular formula is C9H8ClNS. The quantitative estimate of drug-likeness (QED) is 0.737. The van der Waals surface area contributed by atoms with Crippen LogP contribution in [0, 0.1) is 0 Å². The molecule has 0 amide bonds. The standard InChI is InChI=1S/C9H8ClNS/c1-11-8-5-12-9-3-2-6(10)4-7(8)9/h2-5,11H,1H3. The summed E-state index contributed by atoms with van der Waals surface area (Å²) in [5.41, 5.74) is 1.15. The van der Waals surface area contributed by atoms with E-state index in [1.54, 1.807) is 11.3 Å². The Morgan fingerprint density at radius 1 is 1.42 bits per heavy atom. The van der Waals surface area contributed by atoms with Crippen LogP contribution in [0.3, 0.4) is 0 Å². The highest BCUT2D eigenvalue weighted by Gasteiger charge is 2.01. The molecule has 0 radical (unpaired) electrons. The van der Waals surface area contributed by atoms with Gasteiger partial charge in [-0.3, -0.25) is 0 Å². The second-order valence-electron chi connectivity index (χ2n) is 2.54. The molecule has 2 rings (SSSR count). The number of benzene rings is 1. The van der Waals surface area contributed by atoms with Gasteiger partial charge in [-0.2, -0.15) is 0 Å². The third-order valence-electron chi connectivity index (χ3n) is 1.80. The zero-order chi connectivity index (χ0) is 8.55. The van der Waals surface area contributed by atoms with Gasteiger partial charge < -0.3 is 5.32 Å². The molecule has 62 valence electrons. The summed E-state index contributed by atoms with van der Waals surface area (Å²) in [6.07, 6.45) is 0. The lowest BCUT2D eigenvalue weighted by Crippen LogP contribution is -1.84. The molecule has 0 atom stereocenters. The Balaban J connectivity index is 2.75. The fourth-order valence-corrected chi connectivity index (χ4v) is 2.30. The van der Waals surface area contributed by atoms with Crippen molar-refractivity contribution < 1.29 is 0 Å². The molecule has 1 nitrogen and oxygen atoms in total. The van der Waals surface area contributed by atoms with Gasteiger partial charge in [-0.1, -0.05) is 11.6 Å². The van der Waals surface area contributed by atoms with Crippen molar-refractivity contribution in [3.05, 3.63) is 28.6 Å². The van der Waals surface area contributed by atoms with E-state index in [4.69, 9.17) is 11.6 Å². The molecule has 0 saturated carbocycles. The van der Waals surface area contributed by atoms with Crippen LogP contribution in [-0.4, -0.2) is 7.05 Å². The van der Waals surface area contributed by atoms with Gasteiger partial charge in [-0.25, -0.2) is 0 Å². The van der Waals surface area contributed by atoms with Gasteiger partial charge in [0.2, 0.25) is 0 Å². The fraction of sp³-hybridized carbons (Fsp3) is 0.111. The highest BCUT2D eigenvalue weighted by Crippen LogP contribution is 2.31. The van der Waals surface area contributed by atoms with Crippen molar-refractivity contribution in [2.45, 2.75) is 0 Å². The Bertz CT molecular complexity index is 408. The average molecular weight is 198 g/mol. The topological polar surface area (TPSA) is 12.0 Å². The van der Waals surface area contributed by atoms with E-state index >= 15 is 0 Å². The van der Waals surface area contributed by atoms with Crippen LogP contribution in [0.4, 0.5) is 5.69 Å². The fourth-order valence-electron chi connectivity index (χ4n) is 1.19. The molecule has 0 unspecified atom stereocenters. The summed E-state index contributed by atoms with van der Waals surface area (Å²) in [4.78, 5) is 0. The maximum atomic E-state index is 5.88. The minimum atomic E-state index is 0.789. The van der Waals surface area contributed by atoms with Gasteiger partial charge in [-0.15, -0.1) is 11.3 Å². The van der Waals surface area contributed by atoms with Crippen molar-refractivity contribution in [1.29, 1.82) is 0 Å². The first-order valence-electron chi connectivity index (χ1n) is 3.66. The Hall–Kier alpha value is -0.730. The van der Waals surface area contributed by atoms with Crippen molar-refractivity contribution in [2.75, 3.05) is 12.4 Å². The Morgan fingerprint density at radius 2 is 2.25 bits per heavy atom. The SMILES string of the molecule is CNc1csc2ccc(Cl)cc12. The molecule has 3 heteroatoms. The molecule has 12 heavy (non-hydrogen) atoms. The van der Waals surface area contributed by atoms with Crippen molar-refractivity contribution in [3.63, 3.8) is 0 Å². The lowest BCUT2D eigenvalue weighted by atomic mass is 10.2. The van der Waals surface area contributed by atoms with Gasteiger partial charge in [0.05, 0.1) is 5.69 Å². The van der Waals surface area contributed by atoms with Crippen molar-refractivity contribution >= 4 is 38.7 Å². The maximum absolute atomic E-state index is 5.88. The summed E-state index contributed by atoms with van der Waals surface area (Å²) in [5, 5.41) is 7.22. The number of hydrogen-bond acceptors (Lipinski definition) is 2. The number of hydrogen-bond donors (Lipinski definition) is 1. The van der Waals surface area contributed by atoms with Crippen LogP contribution < -0.4 is 5.32 Å². The highest BCUT2D eigenvalue weighted by molar-refractivity contribution is 7.17.